The van der Waals surface area contributed by atoms with Crippen molar-refractivity contribution in [1.29, 1.82) is 0 Å². The maximum Gasteiger partial charge on any atom is 0.103 e. The van der Waals surface area contributed by atoms with E-state index in [1.165, 1.54) is 11.3 Å². The van der Waals surface area contributed by atoms with Crippen LogP contribution in [0.1, 0.15) is 5.56 Å². The number of hydrogen-bond acceptors (Lipinski definition) is 1. The second kappa shape index (κ2) is 2.94. The number of likely N-dealkylation sites (N-methyl/N-ethyl adjacent to an activating group) is 1. The van der Waals surface area contributed by atoms with Gasteiger partial charge in [0.1, 0.15) is 4.95 Å². The number of rotatable bonds is 0. The van der Waals surface area contributed by atoms with E-state index in [4.69, 9.17) is 0 Å². The van der Waals surface area contributed by atoms with Gasteiger partial charge in [0.25, 0.3) is 0 Å². The molecule has 0 radical (unpaired) electrons. The average molecular weight is 224 g/mol. The van der Waals surface area contributed by atoms with Gasteiger partial charge < -0.3 is 4.90 Å². The summed E-state index contributed by atoms with van der Waals surface area (Å²) in [5.74, 6) is 0. The van der Waals surface area contributed by atoms with Gasteiger partial charge in [0.05, 0.1) is 0 Å². The Kier molecular flexibility index (Phi) is 1.93. The molecule has 0 spiro atoms. The van der Waals surface area contributed by atoms with Gasteiger partial charge >= 0.3 is 0 Å². The zero-order chi connectivity index (χ0) is 8.55. The molecule has 1 nitrogen and oxygen atoms in total. The summed E-state index contributed by atoms with van der Waals surface area (Å²) in [7, 11) is 2.09. The predicted octanol–water partition coefficient (Wildman–Crippen LogP) is 2.87. The molecule has 12 heavy (non-hydrogen) atoms. The lowest BCUT2D eigenvalue weighted by Crippen LogP contribution is -2.26. The minimum Gasteiger partial charge on any atom is -0.358 e. The van der Waals surface area contributed by atoms with Crippen LogP contribution in [0.25, 0.3) is 6.08 Å². The average Bonchev–Trinajstić information content (AvgIpc) is 2.12. The maximum absolute atomic E-state index is 3.56. The maximum atomic E-state index is 3.56. The number of halogens is 1. The zero-order valence-corrected chi connectivity index (χ0v) is 8.45. The van der Waals surface area contributed by atoms with E-state index in [9.17, 15) is 0 Å². The molecule has 1 unspecified atom stereocenters. The van der Waals surface area contributed by atoms with Crippen LogP contribution in [0.3, 0.4) is 0 Å². The van der Waals surface area contributed by atoms with E-state index in [0.717, 1.165) is 0 Å². The first-order valence-corrected chi connectivity index (χ1v) is 4.85. The summed E-state index contributed by atoms with van der Waals surface area (Å²) in [5.41, 5.74) is 2.57. The number of nitrogens with zero attached hydrogens (tertiary/aromatic N) is 1. The van der Waals surface area contributed by atoms with Crippen LogP contribution in [-0.2, 0) is 0 Å². The Labute approximate surface area is 80.8 Å². The Morgan fingerprint density at radius 1 is 1.33 bits per heavy atom. The Hall–Kier alpha value is -0.760. The van der Waals surface area contributed by atoms with Crippen molar-refractivity contribution in [3.05, 3.63) is 35.9 Å². The van der Waals surface area contributed by atoms with Crippen molar-refractivity contribution < 1.29 is 0 Å². The first-order valence-electron chi connectivity index (χ1n) is 3.93. The fourth-order valence-corrected chi connectivity index (χ4v) is 1.77. The third-order valence-corrected chi connectivity index (χ3v) is 3.04. The minimum absolute atomic E-state index is 0.326. The van der Waals surface area contributed by atoms with Crippen molar-refractivity contribution in [3.8, 4) is 0 Å². The molecule has 0 aliphatic carbocycles. The highest BCUT2D eigenvalue weighted by molar-refractivity contribution is 9.09. The van der Waals surface area contributed by atoms with Gasteiger partial charge in [-0.05, 0) is 11.6 Å². The van der Waals surface area contributed by atoms with Gasteiger partial charge in [-0.2, -0.15) is 0 Å². The summed E-state index contributed by atoms with van der Waals surface area (Å²) in [5, 5.41) is 0. The summed E-state index contributed by atoms with van der Waals surface area (Å²) < 4.78 is 0. The van der Waals surface area contributed by atoms with Crippen LogP contribution in [0.4, 0.5) is 5.69 Å². The second-order valence-corrected chi connectivity index (χ2v) is 3.84. The largest absolute Gasteiger partial charge is 0.358 e. The number of fused-ring (bicyclic) bond motifs is 1. The molecule has 2 rings (SSSR count). The summed E-state index contributed by atoms with van der Waals surface area (Å²) >= 11 is 3.56. The van der Waals surface area contributed by atoms with Crippen molar-refractivity contribution >= 4 is 27.7 Å². The predicted molar refractivity (Wildman–Crippen MR) is 56.6 cm³/mol. The molecule has 0 fully saturated rings. The van der Waals surface area contributed by atoms with Gasteiger partial charge in [-0.15, -0.1) is 0 Å². The Morgan fingerprint density at radius 3 is 2.92 bits per heavy atom. The van der Waals surface area contributed by atoms with E-state index in [0.29, 0.717) is 4.95 Å². The molecular weight excluding hydrogens is 214 g/mol. The first kappa shape index (κ1) is 7.87. The molecule has 0 saturated carbocycles. The molecular formula is C10H10BrN. The van der Waals surface area contributed by atoms with Gasteiger partial charge in [0, 0.05) is 12.7 Å². The number of hydrogen-bond donors (Lipinski definition) is 0. The zero-order valence-electron chi connectivity index (χ0n) is 6.87. The fraction of sp³-hybridized carbons (Fsp3) is 0.200. The van der Waals surface area contributed by atoms with E-state index in [2.05, 4.69) is 64.3 Å². The summed E-state index contributed by atoms with van der Waals surface area (Å²) in [4.78, 5) is 2.53. The quantitative estimate of drug-likeness (QED) is 0.483. The third kappa shape index (κ3) is 1.16. The lowest BCUT2D eigenvalue weighted by Gasteiger charge is -2.28. The third-order valence-electron chi connectivity index (χ3n) is 2.12. The molecule has 0 amide bonds. The Morgan fingerprint density at radius 2 is 2.08 bits per heavy atom. The molecule has 0 N–H and O–H groups in total. The van der Waals surface area contributed by atoms with Gasteiger partial charge in [0.2, 0.25) is 0 Å². The molecule has 62 valence electrons. The highest BCUT2D eigenvalue weighted by atomic mass is 79.9. The number of para-hydroxylation sites is 1. The smallest absolute Gasteiger partial charge is 0.103 e. The molecule has 1 aliphatic rings. The van der Waals surface area contributed by atoms with E-state index in [-0.39, 0.29) is 0 Å². The van der Waals surface area contributed by atoms with Gasteiger partial charge in [0.15, 0.2) is 0 Å². The minimum atomic E-state index is 0.326. The number of alkyl halides is 1. The van der Waals surface area contributed by atoms with Crippen molar-refractivity contribution in [3.63, 3.8) is 0 Å². The highest BCUT2D eigenvalue weighted by Gasteiger charge is 2.14. The Bertz CT molecular complexity index is 319. The van der Waals surface area contributed by atoms with E-state index in [1.807, 2.05) is 0 Å². The lowest BCUT2D eigenvalue weighted by atomic mass is 10.1. The van der Waals surface area contributed by atoms with Crippen LogP contribution in [-0.4, -0.2) is 12.0 Å². The first-order chi connectivity index (χ1) is 5.79. The second-order valence-electron chi connectivity index (χ2n) is 2.90. The van der Waals surface area contributed by atoms with Gasteiger partial charge in [-0.1, -0.05) is 46.3 Å². The van der Waals surface area contributed by atoms with Crippen molar-refractivity contribution in [2.75, 3.05) is 11.9 Å². The molecule has 0 bridgehead atoms. The molecule has 1 heterocycles. The van der Waals surface area contributed by atoms with Gasteiger partial charge in [-0.3, -0.25) is 0 Å². The highest BCUT2D eigenvalue weighted by Crippen LogP contribution is 2.29. The van der Waals surface area contributed by atoms with Crippen molar-refractivity contribution in [1.82, 2.24) is 0 Å². The van der Waals surface area contributed by atoms with Crippen LogP contribution in [0.2, 0.25) is 0 Å². The lowest BCUT2D eigenvalue weighted by molar-refractivity contribution is 0.980. The molecule has 1 atom stereocenters. The van der Waals surface area contributed by atoms with Crippen LogP contribution in [0.15, 0.2) is 30.3 Å². The van der Waals surface area contributed by atoms with Gasteiger partial charge in [-0.25, -0.2) is 0 Å². The van der Waals surface area contributed by atoms with E-state index in [1.54, 1.807) is 0 Å². The SMILES string of the molecule is CN1c2ccccc2C=CC1Br. The fourth-order valence-electron chi connectivity index (χ4n) is 1.39. The van der Waals surface area contributed by atoms with E-state index < -0.39 is 0 Å². The summed E-state index contributed by atoms with van der Waals surface area (Å²) in [6.45, 7) is 0. The number of benzene rings is 1. The van der Waals surface area contributed by atoms with Crippen molar-refractivity contribution in [2.24, 2.45) is 0 Å². The van der Waals surface area contributed by atoms with Crippen LogP contribution >= 0.6 is 15.9 Å². The molecule has 0 saturated heterocycles. The molecule has 1 aliphatic heterocycles. The molecule has 1 aromatic carbocycles. The standard InChI is InChI=1S/C10H10BrN/c1-12-9-5-3-2-4-8(9)6-7-10(12)11/h2-7,10H,1H3. The summed E-state index contributed by atoms with van der Waals surface area (Å²) in [6, 6.07) is 8.38. The molecule has 1 aromatic rings. The topological polar surface area (TPSA) is 3.24 Å². The molecule has 2 heteroatoms. The normalized spacial score (nSPS) is 20.8. The van der Waals surface area contributed by atoms with Crippen LogP contribution < -0.4 is 4.90 Å². The monoisotopic (exact) mass is 223 g/mol. The summed E-state index contributed by atoms with van der Waals surface area (Å²) in [6.07, 6.45) is 4.29. The molecule has 0 aromatic heterocycles. The van der Waals surface area contributed by atoms with Crippen LogP contribution in [0, 0.1) is 0 Å². The van der Waals surface area contributed by atoms with Crippen molar-refractivity contribution in [2.45, 2.75) is 4.95 Å². The van der Waals surface area contributed by atoms with Crippen LogP contribution in [0.5, 0.6) is 0 Å². The number of anilines is 1. The Balaban J connectivity index is 2.52. The van der Waals surface area contributed by atoms with E-state index >= 15 is 0 Å².